The van der Waals surface area contributed by atoms with Gasteiger partial charge in [0.25, 0.3) is 5.89 Å². The van der Waals surface area contributed by atoms with Gasteiger partial charge in [-0.2, -0.15) is 4.98 Å². The smallest absolute Gasteiger partial charge is 0.293 e. The predicted octanol–water partition coefficient (Wildman–Crippen LogP) is 1.13. The molecule has 5 nitrogen and oxygen atoms in total. The van der Waals surface area contributed by atoms with E-state index < -0.39 is 0 Å². The van der Waals surface area contributed by atoms with Crippen LogP contribution in [-0.4, -0.2) is 15.2 Å². The molecule has 0 aliphatic heterocycles. The molecule has 1 N–H and O–H groups in total. The van der Waals surface area contributed by atoms with Gasteiger partial charge in [0.05, 0.1) is 0 Å². The van der Waals surface area contributed by atoms with Crippen LogP contribution in [0.15, 0.2) is 21.1 Å². The van der Waals surface area contributed by atoms with Gasteiger partial charge in [-0.1, -0.05) is 5.16 Å². The second-order valence-electron chi connectivity index (χ2n) is 2.58. The molecule has 5 heteroatoms. The fraction of sp³-hybridized carbons (Fsp3) is 0.250. The Hall–Kier alpha value is -1.62. The zero-order chi connectivity index (χ0) is 9.26. The Bertz CT molecular complexity index is 405. The van der Waals surface area contributed by atoms with E-state index in [0.29, 0.717) is 5.76 Å². The summed E-state index contributed by atoms with van der Waals surface area (Å²) >= 11 is 0. The van der Waals surface area contributed by atoms with Crippen LogP contribution in [0.3, 0.4) is 0 Å². The lowest BCUT2D eigenvalue weighted by Gasteiger charge is -1.84. The number of rotatable bonds is 2. The van der Waals surface area contributed by atoms with Gasteiger partial charge in [-0.05, 0) is 19.1 Å². The molecule has 13 heavy (non-hydrogen) atoms. The number of furan rings is 1. The molecule has 0 atom stereocenters. The SMILES string of the molecule is Cc1ccc(-c2nc(CO)no2)o1. The van der Waals surface area contributed by atoms with Crippen LogP contribution >= 0.6 is 0 Å². The molecule has 0 bridgehead atoms. The highest BCUT2D eigenvalue weighted by atomic mass is 16.5. The van der Waals surface area contributed by atoms with Crippen LogP contribution in [0.25, 0.3) is 11.7 Å². The summed E-state index contributed by atoms with van der Waals surface area (Å²) in [5.41, 5.74) is 0. The molecule has 0 saturated heterocycles. The molecular formula is C8H8N2O3. The van der Waals surface area contributed by atoms with E-state index in [4.69, 9.17) is 14.0 Å². The van der Waals surface area contributed by atoms with Gasteiger partial charge >= 0.3 is 0 Å². The number of hydrogen-bond donors (Lipinski definition) is 1. The van der Waals surface area contributed by atoms with Crippen LogP contribution < -0.4 is 0 Å². The Morgan fingerprint density at radius 3 is 2.85 bits per heavy atom. The molecule has 0 unspecified atom stereocenters. The van der Waals surface area contributed by atoms with Gasteiger partial charge < -0.3 is 14.0 Å². The van der Waals surface area contributed by atoms with Gasteiger partial charge in [-0.3, -0.25) is 0 Å². The average molecular weight is 180 g/mol. The van der Waals surface area contributed by atoms with Crippen molar-refractivity contribution in [2.45, 2.75) is 13.5 Å². The molecule has 0 spiro atoms. The first-order valence-electron chi connectivity index (χ1n) is 3.80. The van der Waals surface area contributed by atoms with E-state index in [9.17, 15) is 0 Å². The van der Waals surface area contributed by atoms with Crippen molar-refractivity contribution in [1.82, 2.24) is 10.1 Å². The number of nitrogens with zero attached hydrogens (tertiary/aromatic N) is 2. The largest absolute Gasteiger partial charge is 0.456 e. The third kappa shape index (κ3) is 1.46. The Balaban J connectivity index is 2.35. The highest BCUT2D eigenvalue weighted by Gasteiger charge is 2.10. The van der Waals surface area contributed by atoms with E-state index in [1.54, 1.807) is 12.1 Å². The number of aryl methyl sites for hydroxylation is 1. The topological polar surface area (TPSA) is 72.3 Å². The molecule has 2 heterocycles. The van der Waals surface area contributed by atoms with E-state index in [2.05, 4.69) is 10.1 Å². The maximum absolute atomic E-state index is 8.69. The van der Waals surface area contributed by atoms with E-state index in [1.807, 2.05) is 6.92 Å². The fourth-order valence-electron chi connectivity index (χ4n) is 0.968. The second kappa shape index (κ2) is 3.02. The zero-order valence-corrected chi connectivity index (χ0v) is 7.02. The molecular weight excluding hydrogens is 172 g/mol. The molecule has 0 radical (unpaired) electrons. The molecule has 0 fully saturated rings. The van der Waals surface area contributed by atoms with Crippen molar-refractivity contribution in [3.63, 3.8) is 0 Å². The molecule has 2 rings (SSSR count). The van der Waals surface area contributed by atoms with E-state index in [0.717, 1.165) is 5.76 Å². The van der Waals surface area contributed by atoms with Crippen LogP contribution in [0.4, 0.5) is 0 Å². The van der Waals surface area contributed by atoms with E-state index >= 15 is 0 Å². The highest BCUT2D eigenvalue weighted by molar-refractivity contribution is 5.43. The lowest BCUT2D eigenvalue weighted by atomic mass is 10.4. The van der Waals surface area contributed by atoms with E-state index in [1.165, 1.54) is 0 Å². The van der Waals surface area contributed by atoms with Gasteiger partial charge in [0, 0.05) is 0 Å². The Kier molecular flexibility index (Phi) is 1.86. The lowest BCUT2D eigenvalue weighted by molar-refractivity contribution is 0.263. The minimum absolute atomic E-state index is 0.233. The van der Waals surface area contributed by atoms with Crippen molar-refractivity contribution in [3.05, 3.63) is 23.7 Å². The van der Waals surface area contributed by atoms with Crippen LogP contribution in [0, 0.1) is 6.92 Å². The number of hydrogen-bond acceptors (Lipinski definition) is 5. The first-order valence-corrected chi connectivity index (χ1v) is 3.80. The minimum Gasteiger partial charge on any atom is -0.456 e. The van der Waals surface area contributed by atoms with Crippen LogP contribution in [0.5, 0.6) is 0 Å². The number of aromatic nitrogens is 2. The molecule has 0 aliphatic rings. The van der Waals surface area contributed by atoms with Crippen LogP contribution in [-0.2, 0) is 6.61 Å². The molecule has 2 aromatic rings. The van der Waals surface area contributed by atoms with Gasteiger partial charge in [-0.25, -0.2) is 0 Å². The summed E-state index contributed by atoms with van der Waals surface area (Å²) < 4.78 is 10.1. The lowest BCUT2D eigenvalue weighted by Crippen LogP contribution is -1.84. The standard InChI is InChI=1S/C8H8N2O3/c1-5-2-3-6(12-5)8-9-7(4-11)10-13-8/h2-3,11H,4H2,1H3. The fourth-order valence-corrected chi connectivity index (χ4v) is 0.968. The molecule has 0 aliphatic carbocycles. The second-order valence-corrected chi connectivity index (χ2v) is 2.58. The predicted molar refractivity (Wildman–Crippen MR) is 42.7 cm³/mol. The van der Waals surface area contributed by atoms with Gasteiger partial charge in [0.1, 0.15) is 12.4 Å². The van der Waals surface area contributed by atoms with Crippen molar-refractivity contribution >= 4 is 0 Å². The molecule has 0 saturated carbocycles. The summed E-state index contributed by atoms with van der Waals surface area (Å²) in [6.07, 6.45) is 0. The first kappa shape index (κ1) is 8.00. The average Bonchev–Trinajstić information content (AvgIpc) is 2.71. The molecule has 0 aromatic carbocycles. The maximum Gasteiger partial charge on any atom is 0.293 e. The van der Waals surface area contributed by atoms with Crippen molar-refractivity contribution < 1.29 is 14.0 Å². The molecule has 2 aromatic heterocycles. The quantitative estimate of drug-likeness (QED) is 0.749. The monoisotopic (exact) mass is 180 g/mol. The normalized spacial score (nSPS) is 10.6. The van der Waals surface area contributed by atoms with Crippen molar-refractivity contribution in [1.29, 1.82) is 0 Å². The highest BCUT2D eigenvalue weighted by Crippen LogP contribution is 2.19. The summed E-state index contributed by atoms with van der Waals surface area (Å²) in [5, 5.41) is 12.2. The summed E-state index contributed by atoms with van der Waals surface area (Å²) in [6, 6.07) is 3.54. The van der Waals surface area contributed by atoms with Crippen LogP contribution in [0.1, 0.15) is 11.6 Å². The van der Waals surface area contributed by atoms with E-state index in [-0.39, 0.29) is 18.3 Å². The Morgan fingerprint density at radius 1 is 1.46 bits per heavy atom. The maximum atomic E-state index is 8.69. The van der Waals surface area contributed by atoms with Crippen molar-refractivity contribution in [3.8, 4) is 11.7 Å². The summed E-state index contributed by atoms with van der Waals surface area (Å²) in [5.74, 6) is 1.84. The van der Waals surface area contributed by atoms with Gasteiger partial charge in [-0.15, -0.1) is 0 Å². The third-order valence-electron chi connectivity index (χ3n) is 1.56. The van der Waals surface area contributed by atoms with Crippen molar-refractivity contribution in [2.24, 2.45) is 0 Å². The van der Waals surface area contributed by atoms with Gasteiger partial charge in [0.15, 0.2) is 11.6 Å². The Labute approximate surface area is 74.0 Å². The zero-order valence-electron chi connectivity index (χ0n) is 7.02. The molecule has 68 valence electrons. The molecule has 0 amide bonds. The summed E-state index contributed by atoms with van der Waals surface area (Å²) in [4.78, 5) is 3.89. The van der Waals surface area contributed by atoms with Crippen molar-refractivity contribution in [2.75, 3.05) is 0 Å². The van der Waals surface area contributed by atoms with Gasteiger partial charge in [0.2, 0.25) is 0 Å². The third-order valence-corrected chi connectivity index (χ3v) is 1.56. The Morgan fingerprint density at radius 2 is 2.31 bits per heavy atom. The number of aliphatic hydroxyl groups excluding tert-OH is 1. The summed E-state index contributed by atoms with van der Waals surface area (Å²) in [6.45, 7) is 1.59. The number of aliphatic hydroxyl groups is 1. The van der Waals surface area contributed by atoms with Crippen LogP contribution in [0.2, 0.25) is 0 Å². The first-order chi connectivity index (χ1) is 6.29. The minimum atomic E-state index is -0.233. The summed E-state index contributed by atoms with van der Waals surface area (Å²) in [7, 11) is 0.